The first kappa shape index (κ1) is 16.3. The predicted molar refractivity (Wildman–Crippen MR) is 104 cm³/mol. The first-order valence-corrected chi connectivity index (χ1v) is 9.55. The minimum Gasteiger partial charge on any atom is -0.325 e. The molecule has 25 heavy (non-hydrogen) atoms. The van der Waals surface area contributed by atoms with E-state index in [0.717, 1.165) is 23.3 Å². The van der Waals surface area contributed by atoms with Crippen molar-refractivity contribution >= 4 is 11.0 Å². The molecule has 4 rings (SSSR count). The molecule has 1 aliphatic carbocycles. The van der Waals surface area contributed by atoms with Gasteiger partial charge in [-0.15, -0.1) is 0 Å². The second-order valence-corrected chi connectivity index (χ2v) is 7.40. The van der Waals surface area contributed by atoms with E-state index >= 15 is 0 Å². The lowest BCUT2D eigenvalue weighted by molar-refractivity contribution is 0.513. The van der Waals surface area contributed by atoms with Gasteiger partial charge in [0.05, 0.1) is 11.0 Å². The number of aromatic nitrogens is 3. The number of para-hydroxylation sites is 1. The van der Waals surface area contributed by atoms with Crippen LogP contribution in [0.2, 0.25) is 0 Å². The lowest BCUT2D eigenvalue weighted by atomic mass is 9.97. The number of aryl methyl sites for hydroxylation is 4. The summed E-state index contributed by atoms with van der Waals surface area (Å²) in [6.45, 7) is 8.58. The van der Waals surface area contributed by atoms with Gasteiger partial charge in [-0.25, -0.2) is 4.98 Å². The summed E-state index contributed by atoms with van der Waals surface area (Å²) in [5.74, 6) is 1.23. The molecule has 0 spiro atoms. The van der Waals surface area contributed by atoms with Gasteiger partial charge in [0.15, 0.2) is 0 Å². The van der Waals surface area contributed by atoms with Crippen molar-refractivity contribution in [1.29, 1.82) is 0 Å². The smallest absolute Gasteiger partial charge is 0.109 e. The van der Waals surface area contributed by atoms with E-state index in [4.69, 9.17) is 9.97 Å². The Bertz CT molecular complexity index is 907. The molecule has 0 atom stereocenters. The van der Waals surface area contributed by atoms with Crippen molar-refractivity contribution in [1.82, 2.24) is 14.5 Å². The van der Waals surface area contributed by atoms with Crippen LogP contribution >= 0.6 is 0 Å². The van der Waals surface area contributed by atoms with Gasteiger partial charge in [-0.3, -0.25) is 4.98 Å². The molecule has 0 saturated heterocycles. The number of hydrogen-bond donors (Lipinski definition) is 0. The van der Waals surface area contributed by atoms with E-state index in [-0.39, 0.29) is 0 Å². The minimum atomic E-state index is 0.619. The molecule has 3 heteroatoms. The van der Waals surface area contributed by atoms with Crippen LogP contribution in [0.4, 0.5) is 0 Å². The van der Waals surface area contributed by atoms with E-state index in [1.807, 2.05) is 0 Å². The topological polar surface area (TPSA) is 30.7 Å². The van der Waals surface area contributed by atoms with Crippen molar-refractivity contribution in [3.05, 3.63) is 47.0 Å². The Morgan fingerprint density at radius 3 is 2.52 bits per heavy atom. The van der Waals surface area contributed by atoms with E-state index in [9.17, 15) is 0 Å². The highest BCUT2D eigenvalue weighted by Crippen LogP contribution is 2.38. The van der Waals surface area contributed by atoms with Crippen molar-refractivity contribution in [3.63, 3.8) is 0 Å². The van der Waals surface area contributed by atoms with Gasteiger partial charge in [-0.1, -0.05) is 31.9 Å². The Kier molecular flexibility index (Phi) is 4.10. The van der Waals surface area contributed by atoms with Crippen LogP contribution in [0.3, 0.4) is 0 Å². The van der Waals surface area contributed by atoms with Crippen molar-refractivity contribution < 1.29 is 0 Å². The van der Waals surface area contributed by atoms with E-state index in [1.165, 1.54) is 53.7 Å². The average molecular weight is 333 g/mol. The summed E-state index contributed by atoms with van der Waals surface area (Å²) in [7, 11) is 0. The number of rotatable bonds is 3. The zero-order valence-corrected chi connectivity index (χ0v) is 15.8. The Morgan fingerprint density at radius 2 is 1.84 bits per heavy atom. The zero-order valence-electron chi connectivity index (χ0n) is 15.8. The minimum absolute atomic E-state index is 0.619. The molecule has 130 valence electrons. The normalized spacial score (nSPS) is 15.4. The average Bonchev–Trinajstić information content (AvgIpc) is 3.20. The van der Waals surface area contributed by atoms with E-state index in [2.05, 4.69) is 56.5 Å². The molecule has 1 saturated carbocycles. The maximum atomic E-state index is 5.09. The highest BCUT2D eigenvalue weighted by molar-refractivity contribution is 5.94. The Hall–Kier alpha value is -2.16. The van der Waals surface area contributed by atoms with Gasteiger partial charge in [0.2, 0.25) is 0 Å². The van der Waals surface area contributed by atoms with Gasteiger partial charge in [0, 0.05) is 35.0 Å². The van der Waals surface area contributed by atoms with Gasteiger partial charge >= 0.3 is 0 Å². The lowest BCUT2D eigenvalue weighted by Gasteiger charge is -2.16. The second kappa shape index (κ2) is 6.29. The molecule has 2 heterocycles. The first-order chi connectivity index (χ1) is 12.1. The third-order valence-corrected chi connectivity index (χ3v) is 5.59. The summed E-state index contributed by atoms with van der Waals surface area (Å²) in [4.78, 5) is 9.80. The van der Waals surface area contributed by atoms with Crippen molar-refractivity contribution in [2.45, 2.75) is 65.8 Å². The molecule has 3 nitrogen and oxygen atoms in total. The highest BCUT2D eigenvalue weighted by Gasteiger charge is 2.23. The number of imidazole rings is 1. The van der Waals surface area contributed by atoms with Crippen LogP contribution in [-0.2, 0) is 6.42 Å². The fourth-order valence-corrected chi connectivity index (χ4v) is 4.62. The van der Waals surface area contributed by atoms with Crippen LogP contribution in [0.1, 0.15) is 61.4 Å². The number of fused-ring (bicyclic) bond motifs is 1. The molecule has 0 radical (unpaired) electrons. The maximum Gasteiger partial charge on any atom is 0.109 e. The summed E-state index contributed by atoms with van der Waals surface area (Å²) < 4.78 is 2.53. The van der Waals surface area contributed by atoms with Crippen LogP contribution < -0.4 is 0 Å². The number of pyridine rings is 1. The molecule has 3 aromatic rings. The highest BCUT2D eigenvalue weighted by atomic mass is 15.1. The molecule has 0 bridgehead atoms. The largest absolute Gasteiger partial charge is 0.325 e. The fourth-order valence-electron chi connectivity index (χ4n) is 4.62. The van der Waals surface area contributed by atoms with E-state index < -0.39 is 0 Å². The Morgan fingerprint density at radius 1 is 1.08 bits per heavy atom. The van der Waals surface area contributed by atoms with Crippen LogP contribution in [0.5, 0.6) is 0 Å². The number of hydrogen-bond acceptors (Lipinski definition) is 2. The Balaban J connectivity index is 1.98. The fraction of sp³-hybridized carbons (Fsp3) is 0.455. The molecule has 0 unspecified atom stereocenters. The zero-order chi connectivity index (χ0) is 17.6. The summed E-state index contributed by atoms with van der Waals surface area (Å²) in [6.07, 6.45) is 6.23. The van der Waals surface area contributed by atoms with Crippen molar-refractivity contribution in [3.8, 4) is 11.1 Å². The van der Waals surface area contributed by atoms with Crippen LogP contribution in [0.25, 0.3) is 22.2 Å². The molecule has 1 fully saturated rings. The molecule has 0 N–H and O–H groups in total. The predicted octanol–water partition coefficient (Wildman–Crippen LogP) is 5.70. The summed E-state index contributed by atoms with van der Waals surface area (Å²) in [6, 6.07) is 9.43. The van der Waals surface area contributed by atoms with E-state index in [0.29, 0.717) is 6.04 Å². The molecular weight excluding hydrogens is 306 g/mol. The van der Waals surface area contributed by atoms with Crippen molar-refractivity contribution in [2.24, 2.45) is 0 Å². The SMILES string of the molecule is CCc1nc2c(-c3c(C)cc(C)nc3C)cccc2n1C1CCCC1. The summed E-state index contributed by atoms with van der Waals surface area (Å²) >= 11 is 0. The number of benzene rings is 1. The lowest BCUT2D eigenvalue weighted by Crippen LogP contribution is -2.08. The van der Waals surface area contributed by atoms with Gasteiger partial charge in [0.25, 0.3) is 0 Å². The molecular formula is C22H27N3. The third-order valence-electron chi connectivity index (χ3n) is 5.59. The second-order valence-electron chi connectivity index (χ2n) is 7.40. The Labute approximate surface area is 150 Å². The maximum absolute atomic E-state index is 5.09. The van der Waals surface area contributed by atoms with Crippen LogP contribution in [0, 0.1) is 20.8 Å². The number of nitrogens with zero attached hydrogens (tertiary/aromatic N) is 3. The van der Waals surface area contributed by atoms with Crippen molar-refractivity contribution in [2.75, 3.05) is 0 Å². The van der Waals surface area contributed by atoms with E-state index in [1.54, 1.807) is 0 Å². The molecule has 0 amide bonds. The van der Waals surface area contributed by atoms with Gasteiger partial charge in [-0.05, 0) is 51.3 Å². The molecule has 0 aliphatic heterocycles. The molecule has 2 aromatic heterocycles. The third kappa shape index (κ3) is 2.66. The van der Waals surface area contributed by atoms with Crippen LogP contribution in [0.15, 0.2) is 24.3 Å². The standard InChI is InChI=1S/C22H27N3/c1-5-20-24-22-18(21-14(2)13-15(3)23-16(21)4)11-8-12-19(22)25(20)17-9-6-7-10-17/h8,11-13,17H,5-7,9-10H2,1-4H3. The van der Waals surface area contributed by atoms with Gasteiger partial charge in [-0.2, -0.15) is 0 Å². The van der Waals surface area contributed by atoms with Gasteiger partial charge in [0.1, 0.15) is 5.82 Å². The monoisotopic (exact) mass is 333 g/mol. The summed E-state index contributed by atoms with van der Waals surface area (Å²) in [5.41, 5.74) is 8.37. The molecule has 1 aromatic carbocycles. The quantitative estimate of drug-likeness (QED) is 0.615. The summed E-state index contributed by atoms with van der Waals surface area (Å²) in [5, 5.41) is 0. The first-order valence-electron chi connectivity index (χ1n) is 9.55. The van der Waals surface area contributed by atoms with Gasteiger partial charge < -0.3 is 4.57 Å². The van der Waals surface area contributed by atoms with Crippen LogP contribution in [-0.4, -0.2) is 14.5 Å². The molecule has 1 aliphatic rings.